The van der Waals surface area contributed by atoms with Crippen LogP contribution in [0.5, 0.6) is 17.4 Å². The minimum absolute atomic E-state index is 0.0386. The molecule has 29 heavy (non-hydrogen) atoms. The highest BCUT2D eigenvalue weighted by Gasteiger charge is 2.29. The lowest BCUT2D eigenvalue weighted by Gasteiger charge is -2.20. The maximum absolute atomic E-state index is 14.4. The monoisotopic (exact) mass is 547 g/mol. The maximum atomic E-state index is 14.4. The second-order valence-electron chi connectivity index (χ2n) is 6.73. The number of nitrogens with zero attached hydrogens (tertiary/aromatic N) is 1. The number of pyridine rings is 1. The molecule has 158 valence electrons. The normalized spacial score (nSPS) is 11.9. The van der Waals surface area contributed by atoms with Crippen molar-refractivity contribution in [2.24, 2.45) is 0 Å². The van der Waals surface area contributed by atoms with Crippen LogP contribution in [0.25, 0.3) is 0 Å². The lowest BCUT2D eigenvalue weighted by Crippen LogP contribution is -2.24. The molecule has 2 aromatic rings. The molecule has 0 saturated heterocycles. The number of carbonyl (C=O) groups excluding carboxylic acids is 1. The predicted octanol–water partition coefficient (Wildman–Crippen LogP) is 6.17. The first-order chi connectivity index (χ1) is 13.2. The van der Waals surface area contributed by atoms with Crippen LogP contribution in [0.2, 0.25) is 5.02 Å². The summed E-state index contributed by atoms with van der Waals surface area (Å²) >= 11 is 7.69. The van der Waals surface area contributed by atoms with Crippen molar-refractivity contribution in [1.29, 1.82) is 0 Å². The largest absolute Gasteiger partial charge is 0.467 e. The summed E-state index contributed by atoms with van der Waals surface area (Å²) < 4.78 is 66.5. The van der Waals surface area contributed by atoms with E-state index < -0.39 is 36.1 Å². The third-order valence-electron chi connectivity index (χ3n) is 3.02. The zero-order chi connectivity index (χ0) is 22.0. The second kappa shape index (κ2) is 8.90. The van der Waals surface area contributed by atoms with Crippen LogP contribution in [0.4, 0.5) is 17.6 Å². The van der Waals surface area contributed by atoms with Gasteiger partial charge >= 0.3 is 12.1 Å². The van der Waals surface area contributed by atoms with Crippen molar-refractivity contribution >= 4 is 40.2 Å². The van der Waals surface area contributed by atoms with E-state index in [1.165, 1.54) is 12.1 Å². The summed E-state index contributed by atoms with van der Waals surface area (Å²) in [5.41, 5.74) is -1.05. The minimum atomic E-state index is -4.54. The highest BCUT2D eigenvalue weighted by Crippen LogP contribution is 2.33. The van der Waals surface area contributed by atoms with E-state index in [1.807, 2.05) is 22.6 Å². The molecule has 0 aliphatic carbocycles. The first-order valence-electron chi connectivity index (χ1n) is 8.00. The number of hydrogen-bond acceptors (Lipinski definition) is 5. The molecule has 0 saturated carbocycles. The standard InChI is InChI=1S/C18H15ClF4INO4/c1-17(2,3)29-16(26)10-5-13(24)14(6-12(10)20)28-9-4-11(19)15(25-7-9)27-8-18(21,22)23/h4-7H,8H2,1-3H3. The van der Waals surface area contributed by atoms with Crippen molar-refractivity contribution < 1.29 is 36.6 Å². The molecule has 1 aromatic heterocycles. The Morgan fingerprint density at radius 3 is 2.41 bits per heavy atom. The quantitative estimate of drug-likeness (QED) is 0.255. The van der Waals surface area contributed by atoms with Crippen LogP contribution in [0.3, 0.4) is 0 Å². The smallest absolute Gasteiger partial charge is 0.422 e. The predicted molar refractivity (Wildman–Crippen MR) is 105 cm³/mol. The molecule has 5 nitrogen and oxygen atoms in total. The molecule has 0 bridgehead atoms. The van der Waals surface area contributed by atoms with Crippen LogP contribution in [0.15, 0.2) is 24.4 Å². The van der Waals surface area contributed by atoms with E-state index in [0.717, 1.165) is 12.3 Å². The average Bonchev–Trinajstić information content (AvgIpc) is 2.54. The molecule has 0 fully saturated rings. The van der Waals surface area contributed by atoms with Gasteiger partial charge in [-0.3, -0.25) is 0 Å². The van der Waals surface area contributed by atoms with Gasteiger partial charge in [-0.05, 0) is 49.4 Å². The van der Waals surface area contributed by atoms with Crippen LogP contribution < -0.4 is 9.47 Å². The van der Waals surface area contributed by atoms with E-state index in [2.05, 4.69) is 9.72 Å². The molecule has 2 rings (SSSR count). The number of alkyl halides is 3. The van der Waals surface area contributed by atoms with E-state index in [4.69, 9.17) is 21.1 Å². The van der Waals surface area contributed by atoms with Crippen LogP contribution >= 0.6 is 34.2 Å². The van der Waals surface area contributed by atoms with Crippen LogP contribution in [-0.2, 0) is 4.74 Å². The number of benzene rings is 1. The summed E-state index contributed by atoms with van der Waals surface area (Å²) in [4.78, 5) is 15.8. The molecular weight excluding hydrogens is 533 g/mol. The molecule has 0 aliphatic rings. The van der Waals surface area contributed by atoms with Gasteiger partial charge in [0.25, 0.3) is 0 Å². The Bertz CT molecular complexity index is 916. The summed E-state index contributed by atoms with van der Waals surface area (Å²) in [5, 5.41) is -0.215. The number of rotatable bonds is 5. The van der Waals surface area contributed by atoms with Gasteiger partial charge in [0, 0.05) is 12.1 Å². The van der Waals surface area contributed by atoms with Gasteiger partial charge in [0.15, 0.2) is 6.61 Å². The number of hydrogen-bond donors (Lipinski definition) is 0. The first-order valence-corrected chi connectivity index (χ1v) is 9.46. The molecule has 11 heteroatoms. The van der Waals surface area contributed by atoms with Gasteiger partial charge in [-0.1, -0.05) is 11.6 Å². The van der Waals surface area contributed by atoms with Crippen LogP contribution in [-0.4, -0.2) is 29.3 Å². The summed E-state index contributed by atoms with van der Waals surface area (Å²) in [7, 11) is 0. The fourth-order valence-electron chi connectivity index (χ4n) is 1.94. The molecule has 0 N–H and O–H groups in total. The highest BCUT2D eigenvalue weighted by atomic mass is 127. The summed E-state index contributed by atoms with van der Waals surface area (Å²) in [6, 6.07) is 3.42. The first kappa shape index (κ1) is 23.5. The van der Waals surface area contributed by atoms with Gasteiger partial charge in [-0.25, -0.2) is 14.2 Å². The minimum Gasteiger partial charge on any atom is -0.467 e. The lowest BCUT2D eigenvalue weighted by atomic mass is 10.1. The van der Waals surface area contributed by atoms with Gasteiger partial charge in [0.05, 0.1) is 15.3 Å². The van der Waals surface area contributed by atoms with E-state index >= 15 is 0 Å². The number of esters is 1. The third-order valence-corrected chi connectivity index (χ3v) is 4.14. The van der Waals surface area contributed by atoms with Crippen molar-refractivity contribution in [2.45, 2.75) is 32.5 Å². The Balaban J connectivity index is 2.19. The molecule has 0 amide bonds. The van der Waals surface area contributed by atoms with Gasteiger partial charge in [-0.2, -0.15) is 13.2 Å². The van der Waals surface area contributed by atoms with Gasteiger partial charge in [-0.15, -0.1) is 0 Å². The van der Waals surface area contributed by atoms with Crippen molar-refractivity contribution in [3.63, 3.8) is 0 Å². The lowest BCUT2D eigenvalue weighted by molar-refractivity contribution is -0.154. The molecule has 0 spiro atoms. The van der Waals surface area contributed by atoms with E-state index in [0.29, 0.717) is 3.57 Å². The summed E-state index contributed by atoms with van der Waals surface area (Å²) in [5.74, 6) is -2.01. The summed E-state index contributed by atoms with van der Waals surface area (Å²) in [6.07, 6.45) is -3.46. The van der Waals surface area contributed by atoms with Gasteiger partial charge in [0.1, 0.15) is 27.9 Å². The molecule has 0 atom stereocenters. The van der Waals surface area contributed by atoms with Crippen molar-refractivity contribution in [3.05, 3.63) is 44.4 Å². The fourth-order valence-corrected chi connectivity index (χ4v) is 2.73. The number of carbonyl (C=O) groups is 1. The second-order valence-corrected chi connectivity index (χ2v) is 8.30. The van der Waals surface area contributed by atoms with Crippen LogP contribution in [0.1, 0.15) is 31.1 Å². The zero-order valence-electron chi connectivity index (χ0n) is 15.4. The van der Waals surface area contributed by atoms with E-state index in [-0.39, 0.29) is 22.1 Å². The van der Waals surface area contributed by atoms with Crippen molar-refractivity contribution in [2.75, 3.05) is 6.61 Å². The maximum Gasteiger partial charge on any atom is 0.422 e. The zero-order valence-corrected chi connectivity index (χ0v) is 18.3. The van der Waals surface area contributed by atoms with Crippen molar-refractivity contribution in [3.8, 4) is 17.4 Å². The number of aromatic nitrogens is 1. The molecule has 0 aliphatic heterocycles. The number of halogens is 6. The van der Waals surface area contributed by atoms with Crippen LogP contribution in [0, 0.1) is 9.39 Å². The Kier molecular flexibility index (Phi) is 7.20. The summed E-state index contributed by atoms with van der Waals surface area (Å²) in [6.45, 7) is 3.42. The molecule has 1 aromatic carbocycles. The highest BCUT2D eigenvalue weighted by molar-refractivity contribution is 14.1. The number of ether oxygens (including phenoxy) is 3. The molecular formula is C18H15ClF4INO4. The van der Waals surface area contributed by atoms with Gasteiger partial charge < -0.3 is 14.2 Å². The molecule has 0 radical (unpaired) electrons. The Labute approximate surface area is 182 Å². The Morgan fingerprint density at radius 1 is 1.21 bits per heavy atom. The average molecular weight is 548 g/mol. The van der Waals surface area contributed by atoms with E-state index in [1.54, 1.807) is 20.8 Å². The Hall–Kier alpha value is -1.82. The SMILES string of the molecule is CC(C)(C)OC(=O)c1cc(I)c(Oc2cnc(OCC(F)(F)F)c(Cl)c2)cc1F. The van der Waals surface area contributed by atoms with E-state index in [9.17, 15) is 22.4 Å². The Morgan fingerprint density at radius 2 is 1.86 bits per heavy atom. The van der Waals surface area contributed by atoms with Crippen molar-refractivity contribution in [1.82, 2.24) is 4.98 Å². The molecule has 0 unspecified atom stereocenters. The fraction of sp³-hybridized carbons (Fsp3) is 0.333. The van der Waals surface area contributed by atoms with Gasteiger partial charge in [0.2, 0.25) is 5.88 Å². The topological polar surface area (TPSA) is 57.7 Å². The third kappa shape index (κ3) is 7.18. The molecule has 1 heterocycles.